The molecular formula is C52H35N3O. The lowest BCUT2D eigenvalue weighted by Gasteiger charge is -2.41. The molecule has 1 aliphatic heterocycles. The molecule has 4 nitrogen and oxygen atoms in total. The summed E-state index contributed by atoms with van der Waals surface area (Å²) in [6, 6.07) is 73.8. The minimum Gasteiger partial charge on any atom is -0.457 e. The highest BCUT2D eigenvalue weighted by Gasteiger charge is 2.45. The van der Waals surface area contributed by atoms with Crippen LogP contribution in [-0.2, 0) is 5.41 Å². The van der Waals surface area contributed by atoms with Crippen LogP contribution in [0, 0.1) is 0 Å². The van der Waals surface area contributed by atoms with Gasteiger partial charge in [0.05, 0.1) is 5.41 Å². The van der Waals surface area contributed by atoms with E-state index >= 15 is 0 Å². The minimum absolute atomic E-state index is 0.608. The zero-order valence-corrected chi connectivity index (χ0v) is 30.5. The normalized spacial score (nSPS) is 12.6. The Morgan fingerprint density at radius 2 is 0.786 bits per heavy atom. The lowest BCUT2D eigenvalue weighted by atomic mass is 9.63. The summed E-state index contributed by atoms with van der Waals surface area (Å²) in [6.07, 6.45) is 0. The second-order valence-electron chi connectivity index (χ2n) is 14.0. The molecule has 0 amide bonds. The van der Waals surface area contributed by atoms with Crippen molar-refractivity contribution in [3.05, 3.63) is 235 Å². The Bertz CT molecular complexity index is 2780. The Kier molecular flexibility index (Phi) is 8.34. The van der Waals surface area contributed by atoms with Crippen molar-refractivity contribution >= 4 is 0 Å². The molecule has 0 atom stereocenters. The third-order valence-corrected chi connectivity index (χ3v) is 10.7. The fraction of sp³-hybridized carbons (Fsp3) is 0.0192. The number of nitrogens with zero attached hydrogens (tertiary/aromatic N) is 3. The molecule has 0 aliphatic carbocycles. The van der Waals surface area contributed by atoms with Crippen LogP contribution in [0.5, 0.6) is 11.5 Å². The molecule has 264 valence electrons. The summed E-state index contributed by atoms with van der Waals surface area (Å²) in [5.74, 6) is 3.55. The molecule has 0 spiro atoms. The van der Waals surface area contributed by atoms with Gasteiger partial charge < -0.3 is 4.74 Å². The number of ether oxygens (including phenoxy) is 1. The smallest absolute Gasteiger partial charge is 0.164 e. The second-order valence-corrected chi connectivity index (χ2v) is 14.0. The predicted octanol–water partition coefficient (Wildman–Crippen LogP) is 12.7. The van der Waals surface area contributed by atoms with Crippen LogP contribution in [0.2, 0.25) is 0 Å². The summed E-state index contributed by atoms with van der Waals surface area (Å²) < 4.78 is 6.68. The van der Waals surface area contributed by atoms with E-state index in [-0.39, 0.29) is 0 Å². The highest BCUT2D eigenvalue weighted by Crippen LogP contribution is 2.55. The number of hydrogen-bond donors (Lipinski definition) is 0. The van der Waals surface area contributed by atoms with Gasteiger partial charge in [-0.1, -0.05) is 188 Å². The van der Waals surface area contributed by atoms with Crippen molar-refractivity contribution in [1.29, 1.82) is 0 Å². The first-order chi connectivity index (χ1) is 27.8. The number of fused-ring (bicyclic) bond motifs is 2. The Morgan fingerprint density at radius 3 is 1.48 bits per heavy atom. The van der Waals surface area contributed by atoms with Crippen LogP contribution in [0.4, 0.5) is 0 Å². The topological polar surface area (TPSA) is 47.9 Å². The number of aromatic nitrogens is 3. The molecule has 10 rings (SSSR count). The Labute approximate surface area is 326 Å². The Morgan fingerprint density at radius 1 is 0.304 bits per heavy atom. The van der Waals surface area contributed by atoms with Crippen LogP contribution in [0.3, 0.4) is 0 Å². The maximum Gasteiger partial charge on any atom is 0.164 e. The molecular weight excluding hydrogens is 683 g/mol. The van der Waals surface area contributed by atoms with Crippen molar-refractivity contribution in [3.8, 4) is 67.9 Å². The third kappa shape index (κ3) is 5.76. The molecule has 0 bridgehead atoms. The summed E-state index contributed by atoms with van der Waals surface area (Å²) in [5.41, 5.74) is 11.0. The van der Waals surface area contributed by atoms with Gasteiger partial charge in [0.25, 0.3) is 0 Å². The molecule has 1 aliphatic rings. The van der Waals surface area contributed by atoms with Crippen molar-refractivity contribution in [3.63, 3.8) is 0 Å². The van der Waals surface area contributed by atoms with E-state index in [1.165, 1.54) is 11.1 Å². The SMILES string of the molecule is c1ccc(-c2nc(-c3cccc(-c4ccc5c(c4)C(c4ccccc4)(c4ccccc4)c4ccccc4O5)c3)nc(-c3ccccc3-c3ccccc3)n2)cc1. The van der Waals surface area contributed by atoms with Crippen LogP contribution in [-0.4, -0.2) is 15.0 Å². The van der Waals surface area contributed by atoms with Gasteiger partial charge in [0.1, 0.15) is 11.5 Å². The van der Waals surface area contributed by atoms with Gasteiger partial charge in [0, 0.05) is 27.8 Å². The molecule has 0 radical (unpaired) electrons. The number of rotatable bonds is 7. The van der Waals surface area contributed by atoms with E-state index in [1.807, 2.05) is 48.5 Å². The quantitative estimate of drug-likeness (QED) is 0.165. The summed E-state index contributed by atoms with van der Waals surface area (Å²) in [5, 5.41) is 0. The molecule has 56 heavy (non-hydrogen) atoms. The van der Waals surface area contributed by atoms with E-state index in [4.69, 9.17) is 19.7 Å². The van der Waals surface area contributed by atoms with Crippen LogP contribution in [0.25, 0.3) is 56.4 Å². The van der Waals surface area contributed by atoms with E-state index in [9.17, 15) is 0 Å². The van der Waals surface area contributed by atoms with E-state index in [0.29, 0.717) is 17.5 Å². The molecule has 0 fully saturated rings. The van der Waals surface area contributed by atoms with E-state index in [2.05, 4.69) is 164 Å². The van der Waals surface area contributed by atoms with Crippen molar-refractivity contribution in [2.24, 2.45) is 0 Å². The van der Waals surface area contributed by atoms with Gasteiger partial charge in [0.15, 0.2) is 17.5 Å². The summed E-state index contributed by atoms with van der Waals surface area (Å²) in [4.78, 5) is 15.3. The number of benzene rings is 8. The van der Waals surface area contributed by atoms with Crippen LogP contribution in [0.1, 0.15) is 22.3 Å². The van der Waals surface area contributed by atoms with Gasteiger partial charge in [-0.25, -0.2) is 15.0 Å². The van der Waals surface area contributed by atoms with E-state index < -0.39 is 5.41 Å². The predicted molar refractivity (Wildman–Crippen MR) is 225 cm³/mol. The fourth-order valence-electron chi connectivity index (χ4n) is 8.11. The minimum atomic E-state index is -0.611. The van der Waals surface area contributed by atoms with Crippen molar-refractivity contribution in [1.82, 2.24) is 15.0 Å². The average molecular weight is 718 g/mol. The molecule has 0 saturated carbocycles. The van der Waals surface area contributed by atoms with Crippen LogP contribution in [0.15, 0.2) is 212 Å². The standard InChI is InChI=1S/C52H35N3O/c1-5-18-36(19-6-1)43-28-13-14-29-44(43)51-54-49(37-20-7-2-8-21-37)53-50(55-51)40-23-17-22-38(34-40)39-32-33-48-46(35-39)52(41-24-9-3-10-25-41,42-26-11-4-12-27-42)45-30-15-16-31-47(45)56-48/h1-35H. The third-order valence-electron chi connectivity index (χ3n) is 10.7. The number of para-hydroxylation sites is 1. The van der Waals surface area contributed by atoms with Crippen LogP contribution < -0.4 is 4.74 Å². The monoisotopic (exact) mass is 717 g/mol. The van der Waals surface area contributed by atoms with Gasteiger partial charge >= 0.3 is 0 Å². The molecule has 0 N–H and O–H groups in total. The first-order valence-electron chi connectivity index (χ1n) is 18.9. The lowest BCUT2D eigenvalue weighted by molar-refractivity contribution is 0.434. The van der Waals surface area contributed by atoms with Gasteiger partial charge in [-0.2, -0.15) is 0 Å². The first-order valence-corrected chi connectivity index (χ1v) is 18.9. The Hall–Kier alpha value is -7.43. The maximum absolute atomic E-state index is 6.68. The van der Waals surface area contributed by atoms with Crippen molar-refractivity contribution < 1.29 is 4.74 Å². The number of hydrogen-bond acceptors (Lipinski definition) is 4. The molecule has 1 aromatic heterocycles. The second kappa shape index (κ2) is 14.1. The maximum atomic E-state index is 6.68. The highest BCUT2D eigenvalue weighted by atomic mass is 16.5. The average Bonchev–Trinajstić information content (AvgIpc) is 3.29. The summed E-state index contributed by atoms with van der Waals surface area (Å²) >= 11 is 0. The van der Waals surface area contributed by atoms with Gasteiger partial charge in [-0.3, -0.25) is 0 Å². The molecule has 9 aromatic rings. The largest absolute Gasteiger partial charge is 0.457 e. The van der Waals surface area contributed by atoms with Gasteiger partial charge in [-0.05, 0) is 57.6 Å². The van der Waals surface area contributed by atoms with Gasteiger partial charge in [-0.15, -0.1) is 0 Å². The van der Waals surface area contributed by atoms with Crippen molar-refractivity contribution in [2.75, 3.05) is 0 Å². The first kappa shape index (κ1) is 33.2. The van der Waals surface area contributed by atoms with E-state index in [0.717, 1.165) is 61.6 Å². The zero-order chi connectivity index (χ0) is 37.3. The lowest BCUT2D eigenvalue weighted by Crippen LogP contribution is -2.34. The zero-order valence-electron chi connectivity index (χ0n) is 30.5. The summed E-state index contributed by atoms with van der Waals surface area (Å²) in [7, 11) is 0. The van der Waals surface area contributed by atoms with Crippen LogP contribution >= 0.6 is 0 Å². The van der Waals surface area contributed by atoms with E-state index in [1.54, 1.807) is 0 Å². The summed E-state index contributed by atoms with van der Waals surface area (Å²) in [6.45, 7) is 0. The van der Waals surface area contributed by atoms with Crippen molar-refractivity contribution in [2.45, 2.75) is 5.41 Å². The Balaban J connectivity index is 1.14. The van der Waals surface area contributed by atoms with Gasteiger partial charge in [0.2, 0.25) is 0 Å². The molecule has 2 heterocycles. The molecule has 8 aromatic carbocycles. The molecule has 4 heteroatoms. The molecule has 0 unspecified atom stereocenters. The fourth-order valence-corrected chi connectivity index (χ4v) is 8.11. The highest BCUT2D eigenvalue weighted by molar-refractivity contribution is 5.82. The molecule has 0 saturated heterocycles.